The van der Waals surface area contributed by atoms with Crippen LogP contribution < -0.4 is 10.2 Å². The molecule has 2 rings (SSSR count). The minimum atomic E-state index is -1.39. The summed E-state index contributed by atoms with van der Waals surface area (Å²) in [4.78, 5) is 21.6. The molecular formula is C50H82MgO6. The Labute approximate surface area is 365 Å². The van der Waals surface area contributed by atoms with Crippen molar-refractivity contribution >= 4 is 35.0 Å². The summed E-state index contributed by atoms with van der Waals surface area (Å²) >= 11 is 0. The Balaban J connectivity index is 0.00000108. The van der Waals surface area contributed by atoms with E-state index in [1.165, 1.54) is 211 Å². The molecule has 2 aromatic carbocycles. The van der Waals surface area contributed by atoms with Gasteiger partial charge in [-0.2, -0.15) is 0 Å². The van der Waals surface area contributed by atoms with Crippen molar-refractivity contribution in [1.82, 2.24) is 0 Å². The third-order valence-corrected chi connectivity index (χ3v) is 11.2. The van der Waals surface area contributed by atoms with E-state index in [-0.39, 0.29) is 39.9 Å². The average Bonchev–Trinajstić information content (AvgIpc) is 3.17. The second kappa shape index (κ2) is 39.2. The van der Waals surface area contributed by atoms with E-state index in [0.29, 0.717) is 0 Å². The Hall–Kier alpha value is -2.25. The van der Waals surface area contributed by atoms with Crippen LogP contribution in [0.15, 0.2) is 36.4 Å². The fourth-order valence-corrected chi connectivity index (χ4v) is 7.56. The van der Waals surface area contributed by atoms with Gasteiger partial charge in [0.25, 0.3) is 0 Å². The number of aromatic hydroxyl groups is 1. The Bertz CT molecular complexity index is 1150. The fourth-order valence-electron chi connectivity index (χ4n) is 7.56. The zero-order valence-electron chi connectivity index (χ0n) is 36.7. The first-order chi connectivity index (χ1) is 27.3. The SMILES string of the molecule is CCCCCCCCCCCCCCCCCCc1ccc(C(=O)O)c(O)c1.CCCCCCCCCCCCCCCCCCc1ccc(C(=O)[O-])c([O-])c1.[Mg+2]. The molecule has 0 aliphatic rings. The fraction of sp³-hybridized carbons (Fsp3) is 0.720. The van der Waals surface area contributed by atoms with Crippen molar-refractivity contribution in [2.24, 2.45) is 0 Å². The number of aromatic carboxylic acids is 2. The summed E-state index contributed by atoms with van der Waals surface area (Å²) in [5.74, 6) is -3.03. The van der Waals surface area contributed by atoms with Gasteiger partial charge in [0.2, 0.25) is 0 Å². The standard InChI is InChI=1S/2C25H42O3.Mg/c2*1-2-3-4-5-6-7-8-9-10-11-12-13-14-15-16-17-18-22-19-20-23(25(27)28)24(26)21-22;/h2*19-21,26H,2-18H2,1H3,(H,27,28);/q;;+2/p-2. The third kappa shape index (κ3) is 31.4. The topological polar surface area (TPSA) is 121 Å². The molecule has 7 heteroatoms. The molecule has 0 radical (unpaired) electrons. The van der Waals surface area contributed by atoms with Crippen LogP contribution >= 0.6 is 0 Å². The van der Waals surface area contributed by atoms with Gasteiger partial charge in [-0.1, -0.05) is 236 Å². The van der Waals surface area contributed by atoms with Crippen LogP contribution in [0.25, 0.3) is 0 Å². The normalized spacial score (nSPS) is 10.8. The third-order valence-electron chi connectivity index (χ3n) is 11.2. The van der Waals surface area contributed by atoms with E-state index in [9.17, 15) is 24.9 Å². The van der Waals surface area contributed by atoms with Gasteiger partial charge < -0.3 is 25.2 Å². The first kappa shape index (κ1) is 54.7. The zero-order valence-corrected chi connectivity index (χ0v) is 38.2. The summed E-state index contributed by atoms with van der Waals surface area (Å²) in [7, 11) is 0. The Morgan fingerprint density at radius 1 is 0.456 bits per heavy atom. The van der Waals surface area contributed by atoms with Crippen molar-refractivity contribution < 1.29 is 30.0 Å². The molecule has 0 aliphatic heterocycles. The van der Waals surface area contributed by atoms with Crippen LogP contribution in [-0.2, 0) is 12.8 Å². The minimum absolute atomic E-state index is 0. The van der Waals surface area contributed by atoms with Crippen molar-refractivity contribution in [2.75, 3.05) is 0 Å². The van der Waals surface area contributed by atoms with E-state index in [0.717, 1.165) is 36.8 Å². The monoisotopic (exact) mass is 803 g/mol. The summed E-state index contributed by atoms with van der Waals surface area (Å²) < 4.78 is 0. The van der Waals surface area contributed by atoms with Crippen LogP contribution in [-0.4, -0.2) is 45.2 Å². The number of carboxylic acid groups (broad SMARTS) is 2. The van der Waals surface area contributed by atoms with Crippen molar-refractivity contribution in [3.8, 4) is 11.5 Å². The maximum absolute atomic E-state index is 11.6. The van der Waals surface area contributed by atoms with Gasteiger partial charge in [-0.15, -0.1) is 0 Å². The first-order valence-corrected chi connectivity index (χ1v) is 23.4. The molecule has 0 unspecified atom stereocenters. The molecule has 0 aromatic heterocycles. The van der Waals surface area contributed by atoms with Crippen LogP contribution in [0.1, 0.15) is 251 Å². The van der Waals surface area contributed by atoms with Gasteiger partial charge >= 0.3 is 29.0 Å². The van der Waals surface area contributed by atoms with Crippen LogP contribution in [0.2, 0.25) is 0 Å². The van der Waals surface area contributed by atoms with Crippen LogP contribution in [0.3, 0.4) is 0 Å². The molecule has 6 nitrogen and oxygen atoms in total. The number of unbranched alkanes of at least 4 members (excludes halogenated alkanes) is 30. The van der Waals surface area contributed by atoms with E-state index >= 15 is 0 Å². The first-order valence-electron chi connectivity index (χ1n) is 23.4. The number of phenols is 1. The van der Waals surface area contributed by atoms with Crippen molar-refractivity contribution in [2.45, 2.75) is 232 Å². The molecule has 0 aliphatic carbocycles. The molecule has 0 atom stereocenters. The van der Waals surface area contributed by atoms with Crippen molar-refractivity contribution in [1.29, 1.82) is 0 Å². The molecule has 0 bridgehead atoms. The van der Waals surface area contributed by atoms with E-state index in [1.807, 2.05) is 6.07 Å². The summed E-state index contributed by atoms with van der Waals surface area (Å²) in [6, 6.07) is 9.45. The molecule has 0 saturated heterocycles. The number of aryl methyl sites for hydroxylation is 2. The van der Waals surface area contributed by atoms with E-state index in [2.05, 4.69) is 13.8 Å². The largest absolute Gasteiger partial charge is 2.00 e. The molecule has 320 valence electrons. The number of hydrogen-bond donors (Lipinski definition) is 2. The van der Waals surface area contributed by atoms with Gasteiger partial charge in [-0.25, -0.2) is 4.79 Å². The Morgan fingerprint density at radius 2 is 0.737 bits per heavy atom. The van der Waals surface area contributed by atoms with Gasteiger partial charge in [0.05, 0.1) is 5.97 Å². The van der Waals surface area contributed by atoms with Gasteiger partial charge in [0, 0.05) is 0 Å². The van der Waals surface area contributed by atoms with Gasteiger partial charge in [-0.05, 0) is 54.5 Å². The van der Waals surface area contributed by atoms with E-state index in [1.54, 1.807) is 12.1 Å². The van der Waals surface area contributed by atoms with Crippen molar-refractivity contribution in [3.05, 3.63) is 58.7 Å². The maximum Gasteiger partial charge on any atom is 2.00 e. The van der Waals surface area contributed by atoms with Gasteiger partial charge in [0.15, 0.2) is 0 Å². The van der Waals surface area contributed by atoms with Gasteiger partial charge in [0.1, 0.15) is 11.3 Å². The maximum atomic E-state index is 11.6. The average molecular weight is 804 g/mol. The van der Waals surface area contributed by atoms with Crippen LogP contribution in [0.5, 0.6) is 11.5 Å². The predicted octanol–water partition coefficient (Wildman–Crippen LogP) is 13.4. The molecule has 2 N–H and O–H groups in total. The molecule has 0 fully saturated rings. The Kier molecular flexibility index (Phi) is 37.7. The minimum Gasteiger partial charge on any atom is -0.872 e. The number of rotatable bonds is 36. The summed E-state index contributed by atoms with van der Waals surface area (Å²) in [6.07, 6.45) is 45.0. The summed E-state index contributed by atoms with van der Waals surface area (Å²) in [6.45, 7) is 4.55. The number of hydrogen-bond acceptors (Lipinski definition) is 5. The molecule has 0 spiro atoms. The molecule has 0 heterocycles. The number of benzene rings is 2. The summed E-state index contributed by atoms with van der Waals surface area (Å²) in [5, 5.41) is 41.0. The van der Waals surface area contributed by atoms with E-state index in [4.69, 9.17) is 5.11 Å². The van der Waals surface area contributed by atoms with Crippen LogP contribution in [0, 0.1) is 0 Å². The molecule has 0 amide bonds. The smallest absolute Gasteiger partial charge is 0.872 e. The van der Waals surface area contributed by atoms with E-state index < -0.39 is 17.7 Å². The molecule has 57 heavy (non-hydrogen) atoms. The Morgan fingerprint density at radius 3 is 1.00 bits per heavy atom. The van der Waals surface area contributed by atoms with Gasteiger partial charge in [-0.3, -0.25) is 0 Å². The second-order valence-corrected chi connectivity index (χ2v) is 16.4. The quantitative estimate of drug-likeness (QED) is 0.0523. The molecule has 2 aromatic rings. The van der Waals surface area contributed by atoms with Crippen molar-refractivity contribution in [3.63, 3.8) is 0 Å². The summed E-state index contributed by atoms with van der Waals surface area (Å²) in [5.41, 5.74) is 1.69. The molecule has 0 saturated carbocycles. The number of carboxylic acids is 2. The number of carbonyl (C=O) groups excluding carboxylic acids is 1. The molecular weight excluding hydrogens is 721 g/mol. The second-order valence-electron chi connectivity index (χ2n) is 16.4. The zero-order chi connectivity index (χ0) is 40.9. The van der Waals surface area contributed by atoms with Crippen LogP contribution in [0.4, 0.5) is 0 Å². The number of carbonyl (C=O) groups is 2. The predicted molar refractivity (Wildman–Crippen MR) is 238 cm³/mol.